The normalized spacial score (nSPS) is 20.6. The van der Waals surface area contributed by atoms with Crippen molar-refractivity contribution >= 4 is 57.5 Å². The lowest BCUT2D eigenvalue weighted by molar-refractivity contribution is -0.137. The summed E-state index contributed by atoms with van der Waals surface area (Å²) >= 11 is 8.64. The van der Waals surface area contributed by atoms with Crippen LogP contribution in [-0.2, 0) is 17.5 Å². The van der Waals surface area contributed by atoms with Crippen LogP contribution in [0.1, 0.15) is 51.8 Å². The first-order valence-corrected chi connectivity index (χ1v) is 17.1. The van der Waals surface area contributed by atoms with E-state index in [1.54, 1.807) is 43.3 Å². The van der Waals surface area contributed by atoms with Gasteiger partial charge in [-0.25, -0.2) is 9.59 Å². The van der Waals surface area contributed by atoms with E-state index in [0.717, 1.165) is 23.1 Å². The maximum Gasteiger partial charge on any atom is 0.417 e. The zero-order chi connectivity index (χ0) is 33.1. The number of alkyl halides is 3. The van der Waals surface area contributed by atoms with Crippen molar-refractivity contribution in [1.29, 1.82) is 0 Å². The van der Waals surface area contributed by atoms with Crippen molar-refractivity contribution in [3.63, 3.8) is 0 Å². The number of aromatic nitrogens is 3. The van der Waals surface area contributed by atoms with E-state index in [1.807, 2.05) is 30.9 Å². The third kappa shape index (κ3) is 6.21. The number of nitrogens with zero attached hydrogens (tertiary/aromatic N) is 5. The summed E-state index contributed by atoms with van der Waals surface area (Å²) in [5, 5.41) is 2.17. The van der Waals surface area contributed by atoms with E-state index < -0.39 is 29.1 Å². The van der Waals surface area contributed by atoms with Crippen LogP contribution in [0.3, 0.4) is 0 Å². The molecule has 14 heteroatoms. The summed E-state index contributed by atoms with van der Waals surface area (Å²) in [5.74, 6) is 0.315. The number of pyridine rings is 1. The molecule has 4 aromatic rings. The summed E-state index contributed by atoms with van der Waals surface area (Å²) in [4.78, 5) is 40.1. The monoisotopic (exact) mass is 691 g/mol. The van der Waals surface area contributed by atoms with Gasteiger partial charge in [-0.1, -0.05) is 17.7 Å². The number of carbonyl (C=O) groups is 1. The maximum atomic E-state index is 15.0. The number of hydrogen-bond acceptors (Lipinski definition) is 8. The van der Waals surface area contributed by atoms with Gasteiger partial charge >= 0.3 is 18.0 Å². The Balaban J connectivity index is 1.55. The molecule has 3 atom stereocenters. The molecule has 1 fully saturated rings. The molecule has 1 amide bonds. The highest BCUT2D eigenvalue weighted by atomic mass is 35.5. The standard InChI is InChI=1S/C32H33ClF3N5O3S2/c1-17-12-39(13-18(2)41(17)30(43)44-31(3,4)5)28-21-11-22(32(34,35)36)25(24-10-20(33)16-45-24)27-26(21)40(29(42)38-28)14-19(15-46-27)23-8-6-7-9-37-23/h6-11,16-19H,12-15H2,1-5H3/t17-,18+,19-/m0/s1. The lowest BCUT2D eigenvalue weighted by Crippen LogP contribution is -2.59. The third-order valence-corrected chi connectivity index (χ3v) is 10.6. The molecule has 0 bridgehead atoms. The molecule has 2 aliphatic heterocycles. The predicted octanol–water partition coefficient (Wildman–Crippen LogP) is 7.92. The molecule has 244 valence electrons. The topological polar surface area (TPSA) is 80.6 Å². The van der Waals surface area contributed by atoms with Crippen molar-refractivity contribution in [3.05, 3.63) is 68.7 Å². The highest BCUT2D eigenvalue weighted by Gasteiger charge is 2.41. The molecule has 0 spiro atoms. The first-order valence-electron chi connectivity index (χ1n) is 14.9. The van der Waals surface area contributed by atoms with Crippen molar-refractivity contribution in [2.75, 3.05) is 23.7 Å². The summed E-state index contributed by atoms with van der Waals surface area (Å²) in [6.45, 7) is 9.77. The van der Waals surface area contributed by atoms with Crippen LogP contribution in [0.25, 0.3) is 21.3 Å². The molecule has 3 aromatic heterocycles. The Labute approximate surface area is 277 Å². The summed E-state index contributed by atoms with van der Waals surface area (Å²) < 4.78 is 52.1. The average Bonchev–Trinajstić information content (AvgIpc) is 3.28. The van der Waals surface area contributed by atoms with Gasteiger partial charge in [-0.3, -0.25) is 14.5 Å². The highest BCUT2D eigenvalue weighted by molar-refractivity contribution is 7.99. The molecule has 6 rings (SSSR count). The summed E-state index contributed by atoms with van der Waals surface area (Å²) in [6, 6.07) is 7.42. The van der Waals surface area contributed by atoms with E-state index in [-0.39, 0.29) is 54.4 Å². The fourth-order valence-electron chi connectivity index (χ4n) is 6.28. The smallest absolute Gasteiger partial charge is 0.417 e. The van der Waals surface area contributed by atoms with E-state index in [2.05, 4.69) is 9.97 Å². The Kier molecular flexibility index (Phi) is 8.56. The largest absolute Gasteiger partial charge is 0.444 e. The highest BCUT2D eigenvalue weighted by Crippen LogP contribution is 2.50. The van der Waals surface area contributed by atoms with Crippen LogP contribution in [-0.4, -0.2) is 62.1 Å². The lowest BCUT2D eigenvalue weighted by Gasteiger charge is -2.45. The van der Waals surface area contributed by atoms with Crippen LogP contribution >= 0.6 is 34.7 Å². The van der Waals surface area contributed by atoms with Gasteiger partial charge in [0.1, 0.15) is 11.4 Å². The van der Waals surface area contributed by atoms with Crippen LogP contribution in [0.2, 0.25) is 5.02 Å². The van der Waals surface area contributed by atoms with Gasteiger partial charge in [0.25, 0.3) is 0 Å². The van der Waals surface area contributed by atoms with Crippen molar-refractivity contribution in [2.24, 2.45) is 0 Å². The van der Waals surface area contributed by atoms with Crippen LogP contribution < -0.4 is 10.6 Å². The fourth-order valence-corrected chi connectivity index (χ4v) is 8.85. The summed E-state index contributed by atoms with van der Waals surface area (Å²) in [6.07, 6.45) is -3.51. The molecule has 0 N–H and O–H groups in total. The predicted molar refractivity (Wildman–Crippen MR) is 176 cm³/mol. The number of hydrogen-bond donors (Lipinski definition) is 0. The molecule has 2 aliphatic rings. The molecule has 1 saturated heterocycles. The zero-order valence-electron chi connectivity index (χ0n) is 25.9. The SMILES string of the molecule is C[C@@H]1CN(c2nc(=O)n3c4c(c(-c5cc(Cl)cs5)c(C(F)(F)F)cc24)SC[C@@H](c2ccccn2)C3)C[C@H](C)N1C(=O)OC(C)(C)C. The Hall–Kier alpha value is -3.29. The van der Waals surface area contributed by atoms with Crippen molar-refractivity contribution in [2.45, 2.75) is 75.8 Å². The van der Waals surface area contributed by atoms with Crippen LogP contribution in [0.5, 0.6) is 0 Å². The van der Waals surface area contributed by atoms with Gasteiger partial charge in [-0.15, -0.1) is 23.1 Å². The van der Waals surface area contributed by atoms with Crippen LogP contribution in [0, 0.1) is 0 Å². The van der Waals surface area contributed by atoms with Gasteiger partial charge in [-0.2, -0.15) is 18.2 Å². The molecule has 8 nitrogen and oxygen atoms in total. The Bertz CT molecular complexity index is 1850. The van der Waals surface area contributed by atoms with E-state index >= 15 is 0 Å². The second kappa shape index (κ2) is 12.1. The van der Waals surface area contributed by atoms with Crippen molar-refractivity contribution < 1.29 is 22.7 Å². The number of piperazine rings is 1. The molecular weight excluding hydrogens is 659 g/mol. The Morgan fingerprint density at radius 2 is 1.80 bits per heavy atom. The molecule has 0 aliphatic carbocycles. The number of rotatable bonds is 3. The first-order chi connectivity index (χ1) is 21.6. The number of amides is 1. The Morgan fingerprint density at radius 1 is 1.09 bits per heavy atom. The number of carbonyl (C=O) groups excluding carboxylic acids is 1. The van der Waals surface area contributed by atoms with E-state index in [0.29, 0.717) is 26.1 Å². The quantitative estimate of drug-likeness (QED) is 0.216. The molecule has 0 radical (unpaired) electrons. The van der Waals surface area contributed by atoms with Gasteiger partial charge < -0.3 is 9.64 Å². The maximum absolute atomic E-state index is 15.0. The van der Waals surface area contributed by atoms with Gasteiger partial charge in [0.05, 0.1) is 28.2 Å². The summed E-state index contributed by atoms with van der Waals surface area (Å²) in [5.41, 5.74) is -0.922. The van der Waals surface area contributed by atoms with Crippen LogP contribution in [0.4, 0.5) is 23.8 Å². The van der Waals surface area contributed by atoms with E-state index in [9.17, 15) is 22.8 Å². The molecule has 0 saturated carbocycles. The zero-order valence-corrected chi connectivity index (χ0v) is 28.3. The molecular formula is C32H33ClF3N5O3S2. The number of thiophene rings is 1. The molecule has 0 unspecified atom stereocenters. The van der Waals surface area contributed by atoms with E-state index in [1.165, 1.54) is 22.4 Å². The number of anilines is 1. The van der Waals surface area contributed by atoms with Gasteiger partial charge in [0.2, 0.25) is 0 Å². The third-order valence-electron chi connectivity index (χ3n) is 8.08. The molecule has 5 heterocycles. The van der Waals surface area contributed by atoms with Crippen molar-refractivity contribution in [3.8, 4) is 10.4 Å². The number of halogens is 4. The minimum absolute atomic E-state index is 0.00496. The van der Waals surface area contributed by atoms with E-state index in [4.69, 9.17) is 16.3 Å². The number of benzene rings is 1. The lowest BCUT2D eigenvalue weighted by atomic mass is 10.00. The van der Waals surface area contributed by atoms with Gasteiger partial charge in [0.15, 0.2) is 0 Å². The molecule has 1 aromatic carbocycles. The Morgan fingerprint density at radius 3 is 2.39 bits per heavy atom. The van der Waals surface area contributed by atoms with Crippen LogP contribution in [0.15, 0.2) is 51.6 Å². The average molecular weight is 692 g/mol. The molecule has 46 heavy (non-hydrogen) atoms. The minimum Gasteiger partial charge on any atom is -0.444 e. The van der Waals surface area contributed by atoms with Gasteiger partial charge in [0, 0.05) is 69.3 Å². The first kappa shape index (κ1) is 32.6. The number of thioether (sulfide) groups is 1. The fraction of sp³-hybridized carbons (Fsp3) is 0.438. The second-order valence-corrected chi connectivity index (χ2v) is 15.1. The minimum atomic E-state index is -4.71. The summed E-state index contributed by atoms with van der Waals surface area (Å²) in [7, 11) is 0. The second-order valence-electron chi connectivity index (χ2n) is 12.7. The van der Waals surface area contributed by atoms with Gasteiger partial charge in [-0.05, 0) is 58.9 Å². The number of ether oxygens (including phenoxy) is 1. The van der Waals surface area contributed by atoms with Crippen molar-refractivity contribution in [1.82, 2.24) is 19.4 Å².